The number of hydrazine groups is 1. The first-order valence-corrected chi connectivity index (χ1v) is 7.70. The van der Waals surface area contributed by atoms with Crippen LogP contribution in [0.15, 0.2) is 22.7 Å². The van der Waals surface area contributed by atoms with Gasteiger partial charge in [-0.2, -0.15) is 0 Å². The Morgan fingerprint density at radius 3 is 2.56 bits per heavy atom. The Labute approximate surface area is 122 Å². The summed E-state index contributed by atoms with van der Waals surface area (Å²) in [7, 11) is 0. The fourth-order valence-electron chi connectivity index (χ4n) is 2.83. The van der Waals surface area contributed by atoms with E-state index in [1.807, 2.05) is 12.1 Å². The van der Waals surface area contributed by atoms with Crippen molar-refractivity contribution in [2.24, 2.45) is 17.7 Å². The van der Waals surface area contributed by atoms with Crippen molar-refractivity contribution < 1.29 is 0 Å². The number of hydrogen-bond donors (Lipinski definition) is 2. The van der Waals surface area contributed by atoms with Crippen molar-refractivity contribution in [2.45, 2.75) is 38.6 Å². The molecule has 18 heavy (non-hydrogen) atoms. The van der Waals surface area contributed by atoms with Crippen LogP contribution >= 0.6 is 27.5 Å². The maximum Gasteiger partial charge on any atom is 0.0551 e. The Balaban J connectivity index is 2.14. The summed E-state index contributed by atoms with van der Waals surface area (Å²) in [6.07, 6.45) is 5.08. The fourth-order valence-corrected chi connectivity index (χ4v) is 3.27. The SMILES string of the molecule is CC1CCC(C(NN)c2ccc(Br)c(Cl)c2)CC1. The van der Waals surface area contributed by atoms with Gasteiger partial charge in [0, 0.05) is 10.5 Å². The molecule has 0 heterocycles. The number of halogens is 2. The quantitative estimate of drug-likeness (QED) is 0.635. The maximum absolute atomic E-state index is 6.16. The van der Waals surface area contributed by atoms with Gasteiger partial charge in [0.25, 0.3) is 0 Å². The largest absolute Gasteiger partial charge is 0.271 e. The summed E-state index contributed by atoms with van der Waals surface area (Å²) in [6.45, 7) is 2.33. The number of rotatable bonds is 3. The minimum absolute atomic E-state index is 0.211. The van der Waals surface area contributed by atoms with Gasteiger partial charge < -0.3 is 0 Å². The lowest BCUT2D eigenvalue weighted by Gasteiger charge is -2.32. The minimum atomic E-state index is 0.211. The molecule has 1 aromatic carbocycles. The number of nitrogens with one attached hydrogen (secondary N) is 1. The van der Waals surface area contributed by atoms with Gasteiger partial charge in [-0.1, -0.05) is 37.4 Å². The van der Waals surface area contributed by atoms with Crippen LogP contribution < -0.4 is 11.3 Å². The summed E-state index contributed by atoms with van der Waals surface area (Å²) in [5, 5.41) is 0.747. The second-order valence-corrected chi connectivity index (χ2v) is 6.60. The van der Waals surface area contributed by atoms with Crippen molar-refractivity contribution in [1.82, 2.24) is 5.43 Å². The molecule has 0 aliphatic heterocycles. The van der Waals surface area contributed by atoms with E-state index in [1.54, 1.807) is 0 Å². The van der Waals surface area contributed by atoms with E-state index < -0.39 is 0 Å². The van der Waals surface area contributed by atoms with E-state index in [2.05, 4.69) is 34.3 Å². The van der Waals surface area contributed by atoms with E-state index in [4.69, 9.17) is 17.4 Å². The molecule has 0 saturated heterocycles. The highest BCUT2D eigenvalue weighted by Crippen LogP contribution is 2.37. The molecule has 1 saturated carbocycles. The first-order valence-electron chi connectivity index (χ1n) is 6.53. The predicted octanol–water partition coefficient (Wildman–Crippen LogP) is 4.43. The topological polar surface area (TPSA) is 38.0 Å². The Morgan fingerprint density at radius 1 is 1.33 bits per heavy atom. The Bertz CT molecular complexity index is 403. The van der Waals surface area contributed by atoms with Crippen LogP contribution in [-0.2, 0) is 0 Å². The van der Waals surface area contributed by atoms with E-state index in [0.717, 1.165) is 15.4 Å². The predicted molar refractivity (Wildman–Crippen MR) is 80.3 cm³/mol. The molecule has 0 amide bonds. The van der Waals surface area contributed by atoms with Gasteiger partial charge in [0.05, 0.1) is 5.02 Å². The molecule has 1 aliphatic carbocycles. The van der Waals surface area contributed by atoms with Crippen LogP contribution in [-0.4, -0.2) is 0 Å². The summed E-state index contributed by atoms with van der Waals surface area (Å²) in [5.41, 5.74) is 4.16. The van der Waals surface area contributed by atoms with Crippen molar-refractivity contribution in [3.63, 3.8) is 0 Å². The van der Waals surface area contributed by atoms with Crippen LogP contribution in [0, 0.1) is 11.8 Å². The molecule has 2 rings (SSSR count). The van der Waals surface area contributed by atoms with Crippen molar-refractivity contribution in [2.75, 3.05) is 0 Å². The molecule has 0 radical (unpaired) electrons. The summed E-state index contributed by atoms with van der Waals surface area (Å²) in [5.74, 6) is 7.22. The van der Waals surface area contributed by atoms with E-state index >= 15 is 0 Å². The zero-order chi connectivity index (χ0) is 13.1. The monoisotopic (exact) mass is 330 g/mol. The molecule has 3 N–H and O–H groups in total. The lowest BCUT2D eigenvalue weighted by molar-refractivity contribution is 0.232. The highest BCUT2D eigenvalue weighted by Gasteiger charge is 2.26. The molecular weight excluding hydrogens is 312 g/mol. The smallest absolute Gasteiger partial charge is 0.0551 e. The fraction of sp³-hybridized carbons (Fsp3) is 0.571. The maximum atomic E-state index is 6.16. The van der Waals surface area contributed by atoms with Crippen LogP contribution in [0.4, 0.5) is 0 Å². The minimum Gasteiger partial charge on any atom is -0.271 e. The van der Waals surface area contributed by atoms with Crippen LogP contribution in [0.5, 0.6) is 0 Å². The van der Waals surface area contributed by atoms with Gasteiger partial charge in [-0.3, -0.25) is 11.3 Å². The third-order valence-corrected chi connectivity index (χ3v) is 5.25. The highest BCUT2D eigenvalue weighted by molar-refractivity contribution is 9.10. The van der Waals surface area contributed by atoms with Gasteiger partial charge in [-0.25, -0.2) is 0 Å². The van der Waals surface area contributed by atoms with Crippen molar-refractivity contribution >= 4 is 27.5 Å². The van der Waals surface area contributed by atoms with Crippen LogP contribution in [0.3, 0.4) is 0 Å². The second kappa shape index (κ2) is 6.38. The first kappa shape index (κ1) is 14.3. The van der Waals surface area contributed by atoms with Gasteiger partial charge in [0.1, 0.15) is 0 Å². The lowest BCUT2D eigenvalue weighted by Crippen LogP contribution is -2.35. The average molecular weight is 332 g/mol. The van der Waals surface area contributed by atoms with E-state index in [-0.39, 0.29) is 6.04 Å². The zero-order valence-electron chi connectivity index (χ0n) is 10.6. The summed E-state index contributed by atoms with van der Waals surface area (Å²) >= 11 is 9.58. The van der Waals surface area contributed by atoms with Crippen molar-refractivity contribution in [1.29, 1.82) is 0 Å². The molecule has 1 aromatic rings. The van der Waals surface area contributed by atoms with Crippen molar-refractivity contribution in [3.8, 4) is 0 Å². The lowest BCUT2D eigenvalue weighted by atomic mass is 9.77. The number of nitrogens with two attached hydrogens (primary N) is 1. The Hall–Kier alpha value is -0.0900. The van der Waals surface area contributed by atoms with Gasteiger partial charge in [0.15, 0.2) is 0 Å². The molecule has 1 unspecified atom stereocenters. The van der Waals surface area contributed by atoms with Crippen molar-refractivity contribution in [3.05, 3.63) is 33.3 Å². The highest BCUT2D eigenvalue weighted by atomic mass is 79.9. The normalized spacial score (nSPS) is 26.0. The standard InChI is InChI=1S/C14H20BrClN2/c1-9-2-4-10(5-3-9)14(18-17)11-6-7-12(15)13(16)8-11/h6-10,14,18H,2-5,17H2,1H3. The second-order valence-electron chi connectivity index (χ2n) is 5.34. The van der Waals surface area contributed by atoms with E-state index in [1.165, 1.54) is 31.2 Å². The van der Waals surface area contributed by atoms with E-state index in [9.17, 15) is 0 Å². The Kier molecular flexibility index (Phi) is 5.07. The molecule has 0 spiro atoms. The zero-order valence-corrected chi connectivity index (χ0v) is 13.0. The molecule has 1 aliphatic rings. The molecule has 100 valence electrons. The molecular formula is C14H20BrClN2. The summed E-state index contributed by atoms with van der Waals surface area (Å²) < 4.78 is 0.931. The van der Waals surface area contributed by atoms with Gasteiger partial charge >= 0.3 is 0 Å². The first-order chi connectivity index (χ1) is 8.61. The molecule has 0 aromatic heterocycles. The van der Waals surface area contributed by atoms with Crippen LogP contribution in [0.25, 0.3) is 0 Å². The average Bonchev–Trinajstić information content (AvgIpc) is 2.37. The number of hydrogen-bond acceptors (Lipinski definition) is 2. The molecule has 0 bridgehead atoms. The molecule has 1 fully saturated rings. The Morgan fingerprint density at radius 2 is 2.00 bits per heavy atom. The summed E-state index contributed by atoms with van der Waals surface area (Å²) in [6, 6.07) is 6.31. The van der Waals surface area contributed by atoms with Gasteiger partial charge in [-0.15, -0.1) is 0 Å². The van der Waals surface area contributed by atoms with Gasteiger partial charge in [0.2, 0.25) is 0 Å². The molecule has 4 heteroatoms. The van der Waals surface area contributed by atoms with Crippen LogP contribution in [0.1, 0.15) is 44.2 Å². The third kappa shape index (κ3) is 3.27. The third-order valence-electron chi connectivity index (χ3n) is 4.01. The van der Waals surface area contributed by atoms with Gasteiger partial charge in [-0.05, 0) is 58.3 Å². The molecule has 2 nitrogen and oxygen atoms in total. The molecule has 1 atom stereocenters. The van der Waals surface area contributed by atoms with Crippen LogP contribution in [0.2, 0.25) is 5.02 Å². The number of benzene rings is 1. The summed E-state index contributed by atoms with van der Waals surface area (Å²) in [4.78, 5) is 0. The van der Waals surface area contributed by atoms with E-state index in [0.29, 0.717) is 5.92 Å².